The Morgan fingerprint density at radius 3 is 2.60 bits per heavy atom. The smallest absolute Gasteiger partial charge is 0.0518 e. The lowest BCUT2D eigenvalue weighted by Crippen LogP contribution is -2.15. The lowest BCUT2D eigenvalue weighted by molar-refractivity contribution is 0.0760. The van der Waals surface area contributed by atoms with E-state index in [-0.39, 0.29) is 0 Å². The standard InChI is InChI=1S/C18H25NO/c1-15(2)20-12-6-5-11-19-14-16-9-10-17-7-3-4-8-18(17)13-16/h3-4,7-10,13,15,19H,5-6,11-12,14H2,1-2H3. The highest BCUT2D eigenvalue weighted by Gasteiger charge is 1.97. The van der Waals surface area contributed by atoms with E-state index in [1.165, 1.54) is 22.8 Å². The summed E-state index contributed by atoms with van der Waals surface area (Å²) in [5.41, 5.74) is 1.35. The van der Waals surface area contributed by atoms with Crippen molar-refractivity contribution >= 4 is 10.8 Å². The lowest BCUT2D eigenvalue weighted by atomic mass is 10.1. The van der Waals surface area contributed by atoms with Gasteiger partial charge >= 0.3 is 0 Å². The molecule has 0 aliphatic rings. The van der Waals surface area contributed by atoms with Crippen LogP contribution in [0.15, 0.2) is 42.5 Å². The number of unbranched alkanes of at least 4 members (excludes halogenated alkanes) is 1. The number of hydrogen-bond donors (Lipinski definition) is 1. The summed E-state index contributed by atoms with van der Waals surface area (Å²) in [4.78, 5) is 0. The molecule has 0 aliphatic carbocycles. The molecule has 0 saturated carbocycles. The van der Waals surface area contributed by atoms with Crippen LogP contribution in [0.5, 0.6) is 0 Å². The van der Waals surface area contributed by atoms with Gasteiger partial charge in [-0.2, -0.15) is 0 Å². The molecule has 0 heterocycles. The van der Waals surface area contributed by atoms with Gasteiger partial charge in [-0.3, -0.25) is 0 Å². The second-order valence-corrected chi connectivity index (χ2v) is 5.48. The molecule has 0 radical (unpaired) electrons. The van der Waals surface area contributed by atoms with Crippen molar-refractivity contribution < 1.29 is 4.74 Å². The van der Waals surface area contributed by atoms with Gasteiger partial charge in [0.1, 0.15) is 0 Å². The summed E-state index contributed by atoms with van der Waals surface area (Å²) < 4.78 is 5.53. The Morgan fingerprint density at radius 1 is 1.00 bits per heavy atom. The highest BCUT2D eigenvalue weighted by atomic mass is 16.5. The fourth-order valence-corrected chi connectivity index (χ4v) is 2.25. The maximum atomic E-state index is 5.53. The molecule has 0 saturated heterocycles. The monoisotopic (exact) mass is 271 g/mol. The molecule has 0 bridgehead atoms. The summed E-state index contributed by atoms with van der Waals surface area (Å²) in [5, 5.41) is 6.12. The van der Waals surface area contributed by atoms with E-state index < -0.39 is 0 Å². The molecule has 0 amide bonds. The summed E-state index contributed by atoms with van der Waals surface area (Å²) in [6.07, 6.45) is 2.64. The summed E-state index contributed by atoms with van der Waals surface area (Å²) in [6, 6.07) is 15.2. The highest BCUT2D eigenvalue weighted by Crippen LogP contribution is 2.15. The van der Waals surface area contributed by atoms with Crippen LogP contribution < -0.4 is 5.32 Å². The molecular formula is C18H25NO. The van der Waals surface area contributed by atoms with Crippen LogP contribution in [0.4, 0.5) is 0 Å². The summed E-state index contributed by atoms with van der Waals surface area (Å²) in [5.74, 6) is 0. The predicted molar refractivity (Wildman–Crippen MR) is 86.0 cm³/mol. The van der Waals surface area contributed by atoms with E-state index in [4.69, 9.17) is 4.74 Å². The second-order valence-electron chi connectivity index (χ2n) is 5.48. The maximum absolute atomic E-state index is 5.53. The van der Waals surface area contributed by atoms with Gasteiger partial charge in [0.15, 0.2) is 0 Å². The zero-order valence-corrected chi connectivity index (χ0v) is 12.6. The van der Waals surface area contributed by atoms with Crippen LogP contribution in [-0.2, 0) is 11.3 Å². The van der Waals surface area contributed by atoms with Crippen LogP contribution >= 0.6 is 0 Å². The van der Waals surface area contributed by atoms with Crippen molar-refractivity contribution in [3.05, 3.63) is 48.0 Å². The van der Waals surface area contributed by atoms with Crippen molar-refractivity contribution in [3.63, 3.8) is 0 Å². The Kier molecular flexibility index (Phi) is 6.03. The third-order valence-corrected chi connectivity index (χ3v) is 3.34. The first-order valence-electron chi connectivity index (χ1n) is 7.56. The molecule has 1 N–H and O–H groups in total. The van der Waals surface area contributed by atoms with E-state index in [1.54, 1.807) is 0 Å². The molecule has 0 unspecified atom stereocenters. The van der Waals surface area contributed by atoms with Crippen LogP contribution in [0.25, 0.3) is 10.8 Å². The molecule has 0 fully saturated rings. The molecule has 2 rings (SSSR count). The molecule has 108 valence electrons. The van der Waals surface area contributed by atoms with Gasteiger partial charge in [-0.15, -0.1) is 0 Å². The Morgan fingerprint density at radius 2 is 1.80 bits per heavy atom. The minimum Gasteiger partial charge on any atom is -0.379 e. The molecule has 0 aliphatic heterocycles. The van der Waals surface area contributed by atoms with Crippen molar-refractivity contribution in [2.24, 2.45) is 0 Å². The molecule has 2 aromatic carbocycles. The summed E-state index contributed by atoms with van der Waals surface area (Å²) in [7, 11) is 0. The molecular weight excluding hydrogens is 246 g/mol. The third-order valence-electron chi connectivity index (χ3n) is 3.34. The number of fused-ring (bicyclic) bond motifs is 1. The van der Waals surface area contributed by atoms with Crippen molar-refractivity contribution in [2.45, 2.75) is 39.3 Å². The second kappa shape index (κ2) is 8.03. The first-order valence-corrected chi connectivity index (χ1v) is 7.56. The van der Waals surface area contributed by atoms with Crippen LogP contribution in [0.1, 0.15) is 32.3 Å². The van der Waals surface area contributed by atoms with Gasteiger partial charge in [0.2, 0.25) is 0 Å². The minimum atomic E-state index is 0.348. The zero-order chi connectivity index (χ0) is 14.2. The van der Waals surface area contributed by atoms with E-state index in [0.717, 1.165) is 26.1 Å². The van der Waals surface area contributed by atoms with Gasteiger partial charge in [-0.25, -0.2) is 0 Å². The van der Waals surface area contributed by atoms with E-state index >= 15 is 0 Å². The topological polar surface area (TPSA) is 21.3 Å². The van der Waals surface area contributed by atoms with E-state index in [2.05, 4.69) is 61.6 Å². The number of ether oxygens (including phenoxy) is 1. The predicted octanol–water partition coefficient (Wildman–Crippen LogP) is 4.13. The van der Waals surface area contributed by atoms with Gasteiger partial charge in [-0.1, -0.05) is 36.4 Å². The SMILES string of the molecule is CC(C)OCCCCNCc1ccc2ccccc2c1. The third kappa shape index (κ3) is 4.95. The summed E-state index contributed by atoms with van der Waals surface area (Å²) in [6.45, 7) is 7.02. The fourth-order valence-electron chi connectivity index (χ4n) is 2.25. The average Bonchev–Trinajstić information content (AvgIpc) is 2.46. The van der Waals surface area contributed by atoms with E-state index in [0.29, 0.717) is 6.10 Å². The van der Waals surface area contributed by atoms with Crippen molar-refractivity contribution in [1.82, 2.24) is 5.32 Å². The fraction of sp³-hybridized carbons (Fsp3) is 0.444. The molecule has 0 aromatic heterocycles. The minimum absolute atomic E-state index is 0.348. The normalized spacial score (nSPS) is 11.3. The molecule has 2 aromatic rings. The molecule has 0 atom stereocenters. The van der Waals surface area contributed by atoms with Crippen LogP contribution in [0.2, 0.25) is 0 Å². The van der Waals surface area contributed by atoms with Crippen molar-refractivity contribution in [1.29, 1.82) is 0 Å². The van der Waals surface area contributed by atoms with Crippen molar-refractivity contribution in [3.8, 4) is 0 Å². The zero-order valence-electron chi connectivity index (χ0n) is 12.6. The number of benzene rings is 2. The number of hydrogen-bond acceptors (Lipinski definition) is 2. The average molecular weight is 271 g/mol. The molecule has 20 heavy (non-hydrogen) atoms. The van der Waals surface area contributed by atoms with Gasteiger partial charge in [0.25, 0.3) is 0 Å². The van der Waals surface area contributed by atoms with Crippen LogP contribution in [-0.4, -0.2) is 19.3 Å². The Labute approximate surface area is 122 Å². The lowest BCUT2D eigenvalue weighted by Gasteiger charge is -2.08. The first kappa shape index (κ1) is 15.0. The Bertz CT molecular complexity index is 522. The van der Waals surface area contributed by atoms with Gasteiger partial charge in [-0.05, 0) is 55.6 Å². The van der Waals surface area contributed by atoms with E-state index in [1.807, 2.05) is 0 Å². The van der Waals surface area contributed by atoms with Gasteiger partial charge in [0.05, 0.1) is 6.10 Å². The largest absolute Gasteiger partial charge is 0.379 e. The molecule has 0 spiro atoms. The van der Waals surface area contributed by atoms with Crippen LogP contribution in [0.3, 0.4) is 0 Å². The van der Waals surface area contributed by atoms with Gasteiger partial charge in [0, 0.05) is 13.2 Å². The number of rotatable bonds is 8. The quantitative estimate of drug-likeness (QED) is 0.729. The number of nitrogens with one attached hydrogen (secondary N) is 1. The van der Waals surface area contributed by atoms with Gasteiger partial charge < -0.3 is 10.1 Å². The van der Waals surface area contributed by atoms with Crippen LogP contribution in [0, 0.1) is 0 Å². The first-order chi connectivity index (χ1) is 9.75. The maximum Gasteiger partial charge on any atom is 0.0518 e. The summed E-state index contributed by atoms with van der Waals surface area (Å²) >= 11 is 0. The van der Waals surface area contributed by atoms with E-state index in [9.17, 15) is 0 Å². The Balaban J connectivity index is 1.68. The molecule has 2 nitrogen and oxygen atoms in total. The van der Waals surface area contributed by atoms with Crippen molar-refractivity contribution in [2.75, 3.05) is 13.2 Å². The molecule has 2 heteroatoms. The Hall–Kier alpha value is -1.38. The highest BCUT2D eigenvalue weighted by molar-refractivity contribution is 5.82.